The van der Waals surface area contributed by atoms with E-state index >= 15 is 0 Å². The van der Waals surface area contributed by atoms with Crippen LogP contribution in [0.5, 0.6) is 0 Å². The lowest BCUT2D eigenvalue weighted by Crippen LogP contribution is -2.43. The van der Waals surface area contributed by atoms with Gasteiger partial charge in [0.15, 0.2) is 9.84 Å². The molecule has 1 rings (SSSR count). The van der Waals surface area contributed by atoms with Gasteiger partial charge in [0, 0.05) is 6.54 Å². The Morgan fingerprint density at radius 2 is 1.70 bits per heavy atom. The fraction of sp³-hybridized carbons (Fsp3) is 0.500. The minimum absolute atomic E-state index is 0.162. The van der Waals surface area contributed by atoms with Crippen molar-refractivity contribution in [1.29, 1.82) is 0 Å². The summed E-state index contributed by atoms with van der Waals surface area (Å²) in [4.78, 5) is 24.3. The van der Waals surface area contributed by atoms with Gasteiger partial charge in [0.25, 0.3) is 0 Å². The predicted molar refractivity (Wildman–Crippen MR) is 87.9 cm³/mol. The van der Waals surface area contributed by atoms with Crippen LogP contribution in [0.25, 0.3) is 0 Å². The smallest absolute Gasteiger partial charge is 0.323 e. The molecule has 7 heteroatoms. The molecule has 0 bridgehead atoms. The van der Waals surface area contributed by atoms with E-state index in [0.717, 1.165) is 10.5 Å². The van der Waals surface area contributed by atoms with E-state index in [1.807, 2.05) is 30.3 Å². The summed E-state index contributed by atoms with van der Waals surface area (Å²) in [5.41, 5.74) is 0.953. The van der Waals surface area contributed by atoms with Gasteiger partial charge in [-0.05, 0) is 32.8 Å². The van der Waals surface area contributed by atoms with Gasteiger partial charge in [-0.3, -0.25) is 9.59 Å². The van der Waals surface area contributed by atoms with Crippen LogP contribution in [-0.4, -0.2) is 53.9 Å². The van der Waals surface area contributed by atoms with Crippen molar-refractivity contribution in [1.82, 2.24) is 4.90 Å². The highest BCUT2D eigenvalue weighted by molar-refractivity contribution is 7.93. The van der Waals surface area contributed by atoms with Crippen molar-refractivity contribution in [2.75, 3.05) is 18.8 Å². The zero-order valence-corrected chi connectivity index (χ0v) is 14.5. The Morgan fingerprint density at radius 1 is 1.13 bits per heavy atom. The molecule has 1 amide bonds. The van der Waals surface area contributed by atoms with Crippen molar-refractivity contribution in [3.63, 3.8) is 0 Å². The highest BCUT2D eigenvalue weighted by Crippen LogP contribution is 2.16. The number of sulfone groups is 1. The predicted octanol–water partition coefficient (Wildman–Crippen LogP) is 1.36. The molecule has 0 unspecified atom stereocenters. The molecule has 128 valence electrons. The topological polar surface area (TPSA) is 91.8 Å². The van der Waals surface area contributed by atoms with Gasteiger partial charge in [0.2, 0.25) is 5.91 Å². The van der Waals surface area contributed by atoms with Crippen molar-refractivity contribution in [2.24, 2.45) is 0 Å². The maximum Gasteiger partial charge on any atom is 0.323 e. The summed E-state index contributed by atoms with van der Waals surface area (Å²) < 4.78 is 23.2. The van der Waals surface area contributed by atoms with Gasteiger partial charge in [0.1, 0.15) is 12.3 Å². The molecule has 6 nitrogen and oxygen atoms in total. The molecule has 0 aliphatic heterocycles. The highest BCUT2D eigenvalue weighted by atomic mass is 32.2. The van der Waals surface area contributed by atoms with E-state index < -0.39 is 38.8 Å². The van der Waals surface area contributed by atoms with Crippen LogP contribution >= 0.6 is 0 Å². The van der Waals surface area contributed by atoms with Crippen molar-refractivity contribution in [3.05, 3.63) is 35.9 Å². The Kier molecular flexibility index (Phi) is 6.32. The molecule has 0 saturated carbocycles. The number of nitrogens with zero attached hydrogens (tertiary/aromatic N) is 1. The first-order valence-electron chi connectivity index (χ1n) is 7.29. The first kappa shape index (κ1) is 19.2. The second kappa shape index (κ2) is 7.59. The molecule has 0 aromatic heterocycles. The summed E-state index contributed by atoms with van der Waals surface area (Å²) in [6, 6.07) is 9.30. The first-order chi connectivity index (χ1) is 10.5. The fourth-order valence-corrected chi connectivity index (χ4v) is 2.77. The summed E-state index contributed by atoms with van der Waals surface area (Å²) in [5, 5.41) is 8.94. The molecule has 0 aliphatic carbocycles. The zero-order chi connectivity index (χ0) is 17.7. The summed E-state index contributed by atoms with van der Waals surface area (Å²) in [5.74, 6) is -2.53. The molecule has 0 saturated heterocycles. The van der Waals surface area contributed by atoms with Gasteiger partial charge in [-0.25, -0.2) is 8.42 Å². The van der Waals surface area contributed by atoms with Crippen LogP contribution in [0.4, 0.5) is 0 Å². The third-order valence-corrected chi connectivity index (χ3v) is 5.93. The van der Waals surface area contributed by atoms with Crippen molar-refractivity contribution < 1.29 is 23.1 Å². The van der Waals surface area contributed by atoms with Crippen molar-refractivity contribution >= 4 is 21.7 Å². The SMILES string of the molecule is CC(C)(C)S(=O)(=O)CC(=O)N(CCc1ccccc1)CC(=O)O. The highest BCUT2D eigenvalue weighted by Gasteiger charge is 2.33. The van der Waals surface area contributed by atoms with Gasteiger partial charge in [-0.15, -0.1) is 0 Å². The molecule has 0 heterocycles. The molecule has 0 fully saturated rings. The quantitative estimate of drug-likeness (QED) is 0.808. The second-order valence-corrected chi connectivity index (χ2v) is 9.06. The third-order valence-electron chi connectivity index (χ3n) is 3.44. The molecule has 0 spiro atoms. The van der Waals surface area contributed by atoms with Crippen molar-refractivity contribution in [2.45, 2.75) is 31.9 Å². The van der Waals surface area contributed by atoms with Crippen molar-refractivity contribution in [3.8, 4) is 0 Å². The summed E-state index contributed by atoms with van der Waals surface area (Å²) in [6.07, 6.45) is 0.468. The number of carbonyl (C=O) groups excluding carboxylic acids is 1. The number of amides is 1. The Hall–Kier alpha value is -1.89. The van der Waals surface area contributed by atoms with Gasteiger partial charge < -0.3 is 10.0 Å². The Balaban J connectivity index is 2.81. The molecular formula is C16H23NO5S. The number of carboxylic acids is 1. The molecule has 23 heavy (non-hydrogen) atoms. The van der Waals surface area contributed by atoms with Crippen LogP contribution in [0.15, 0.2) is 30.3 Å². The lowest BCUT2D eigenvalue weighted by Gasteiger charge is -2.24. The molecule has 1 aromatic rings. The van der Waals surface area contributed by atoms with Crippen LogP contribution in [0.3, 0.4) is 0 Å². The Labute approximate surface area is 137 Å². The zero-order valence-electron chi connectivity index (χ0n) is 13.7. The second-order valence-electron chi connectivity index (χ2n) is 6.32. The molecule has 0 atom stereocenters. The normalized spacial score (nSPS) is 12.0. The van der Waals surface area contributed by atoms with E-state index in [4.69, 9.17) is 5.11 Å². The average molecular weight is 341 g/mol. The first-order valence-corrected chi connectivity index (χ1v) is 8.94. The number of hydrogen-bond donors (Lipinski definition) is 1. The van der Waals surface area contributed by atoms with E-state index in [9.17, 15) is 18.0 Å². The number of benzene rings is 1. The average Bonchev–Trinajstić information content (AvgIpc) is 2.42. The molecule has 1 N–H and O–H groups in total. The van der Waals surface area contributed by atoms with Crippen LogP contribution in [-0.2, 0) is 25.8 Å². The minimum Gasteiger partial charge on any atom is -0.480 e. The van der Waals surface area contributed by atoms with Crippen LogP contribution < -0.4 is 0 Å². The van der Waals surface area contributed by atoms with Gasteiger partial charge in [-0.1, -0.05) is 30.3 Å². The molecular weight excluding hydrogens is 318 g/mol. The van der Waals surface area contributed by atoms with E-state index in [1.54, 1.807) is 0 Å². The number of carboxylic acid groups (broad SMARTS) is 1. The largest absolute Gasteiger partial charge is 0.480 e. The maximum absolute atomic E-state index is 12.2. The number of aliphatic carboxylic acids is 1. The standard InChI is InChI=1S/C16H23NO5S/c1-16(2,3)23(21,22)12-14(18)17(11-15(19)20)10-9-13-7-5-4-6-8-13/h4-8H,9-12H2,1-3H3,(H,19,20). The molecule has 1 aromatic carbocycles. The van der Waals surface area contributed by atoms with Gasteiger partial charge >= 0.3 is 5.97 Å². The minimum atomic E-state index is -3.64. The monoisotopic (exact) mass is 341 g/mol. The maximum atomic E-state index is 12.2. The number of rotatable bonds is 7. The van der Waals surface area contributed by atoms with E-state index in [-0.39, 0.29) is 6.54 Å². The van der Waals surface area contributed by atoms with E-state index in [2.05, 4.69) is 0 Å². The van der Waals surface area contributed by atoms with Gasteiger partial charge in [0.05, 0.1) is 4.75 Å². The Morgan fingerprint density at radius 3 is 2.17 bits per heavy atom. The van der Waals surface area contributed by atoms with E-state index in [1.165, 1.54) is 20.8 Å². The third kappa shape index (κ3) is 6.02. The lowest BCUT2D eigenvalue weighted by atomic mass is 10.1. The van der Waals surface area contributed by atoms with Gasteiger partial charge in [-0.2, -0.15) is 0 Å². The Bertz CT molecular complexity index is 647. The van der Waals surface area contributed by atoms with Crippen LogP contribution in [0.2, 0.25) is 0 Å². The summed E-state index contributed by atoms with van der Waals surface area (Å²) >= 11 is 0. The lowest BCUT2D eigenvalue weighted by molar-refractivity contribution is -0.143. The fourth-order valence-electron chi connectivity index (χ4n) is 1.83. The summed E-state index contributed by atoms with van der Waals surface area (Å²) in [7, 11) is -3.64. The van der Waals surface area contributed by atoms with Crippen LogP contribution in [0.1, 0.15) is 26.3 Å². The molecule has 0 radical (unpaired) electrons. The number of hydrogen-bond acceptors (Lipinski definition) is 4. The molecule has 0 aliphatic rings. The van der Waals surface area contributed by atoms with Crippen LogP contribution in [0, 0.1) is 0 Å². The van der Waals surface area contributed by atoms with E-state index in [0.29, 0.717) is 6.42 Å². The summed E-state index contributed by atoms with van der Waals surface area (Å²) in [6.45, 7) is 4.20. The number of carbonyl (C=O) groups is 2.